The summed E-state index contributed by atoms with van der Waals surface area (Å²) in [4.78, 5) is 1.77. The van der Waals surface area contributed by atoms with Gasteiger partial charge in [0.2, 0.25) is 0 Å². The molecule has 1 heterocycles. The van der Waals surface area contributed by atoms with Crippen molar-refractivity contribution < 1.29 is 8.78 Å². The number of halogens is 2. The third kappa shape index (κ3) is 2.71. The third-order valence-electron chi connectivity index (χ3n) is 1.95. The van der Waals surface area contributed by atoms with Crippen molar-refractivity contribution in [3.05, 3.63) is 0 Å². The molecule has 0 aromatic carbocycles. The molecule has 0 aromatic rings. The summed E-state index contributed by atoms with van der Waals surface area (Å²) in [6.45, 7) is 0.901. The molecular weight excluding hydrogens is 150 g/mol. The summed E-state index contributed by atoms with van der Waals surface area (Å²) < 4.78 is 25.3. The van der Waals surface area contributed by atoms with Gasteiger partial charge >= 0.3 is 0 Å². The molecule has 4 heteroatoms. The van der Waals surface area contributed by atoms with Crippen LogP contribution in [0.2, 0.25) is 0 Å². The van der Waals surface area contributed by atoms with Gasteiger partial charge in [0.25, 0.3) is 5.92 Å². The van der Waals surface area contributed by atoms with Crippen molar-refractivity contribution in [3.8, 4) is 0 Å². The van der Waals surface area contributed by atoms with Crippen LogP contribution in [0.1, 0.15) is 12.8 Å². The molecule has 1 aliphatic rings. The summed E-state index contributed by atoms with van der Waals surface area (Å²) in [7, 11) is 0. The lowest BCUT2D eigenvalue weighted by molar-refractivity contribution is -0.0180. The topological polar surface area (TPSA) is 29.3 Å². The molecule has 1 aliphatic heterocycles. The molecule has 1 fully saturated rings. The van der Waals surface area contributed by atoms with E-state index in [0.717, 1.165) is 25.9 Å². The average molecular weight is 164 g/mol. The Morgan fingerprint density at radius 1 is 1.27 bits per heavy atom. The largest absolute Gasteiger partial charge is 0.325 e. The van der Waals surface area contributed by atoms with Crippen LogP contribution in [0.5, 0.6) is 0 Å². The summed E-state index contributed by atoms with van der Waals surface area (Å²) in [5, 5.41) is 0. The van der Waals surface area contributed by atoms with Crippen molar-refractivity contribution >= 4 is 0 Å². The van der Waals surface area contributed by atoms with Crippen molar-refractivity contribution in [2.45, 2.75) is 18.8 Å². The molecule has 1 rings (SSSR count). The van der Waals surface area contributed by atoms with Crippen LogP contribution in [0.25, 0.3) is 0 Å². The van der Waals surface area contributed by atoms with E-state index in [1.807, 2.05) is 0 Å². The van der Waals surface area contributed by atoms with Gasteiger partial charge in [-0.15, -0.1) is 0 Å². The van der Waals surface area contributed by atoms with Gasteiger partial charge in [-0.05, 0) is 25.9 Å². The summed E-state index contributed by atoms with van der Waals surface area (Å²) in [5.74, 6) is -2.69. The molecule has 0 bridgehead atoms. The molecule has 0 aromatic heterocycles. The molecule has 0 aliphatic carbocycles. The van der Waals surface area contributed by atoms with E-state index in [2.05, 4.69) is 0 Å². The molecule has 0 unspecified atom stereocenters. The average Bonchev–Trinajstić information content (AvgIpc) is 2.39. The Kier molecular flexibility index (Phi) is 2.78. The van der Waals surface area contributed by atoms with E-state index in [1.165, 1.54) is 0 Å². The third-order valence-corrected chi connectivity index (χ3v) is 1.95. The Balaban J connectivity index is 2.28. The maximum absolute atomic E-state index is 12.6. The molecule has 2 N–H and O–H groups in total. The fourth-order valence-electron chi connectivity index (χ4n) is 1.33. The van der Waals surface area contributed by atoms with Crippen molar-refractivity contribution in [2.75, 3.05) is 26.2 Å². The Morgan fingerprint density at radius 2 is 1.82 bits per heavy atom. The van der Waals surface area contributed by atoms with E-state index in [4.69, 9.17) is 5.73 Å². The van der Waals surface area contributed by atoms with Crippen molar-refractivity contribution in [3.63, 3.8) is 0 Å². The zero-order valence-corrected chi connectivity index (χ0v) is 6.52. The molecule has 11 heavy (non-hydrogen) atoms. The quantitative estimate of drug-likeness (QED) is 0.664. The summed E-state index contributed by atoms with van der Waals surface area (Å²) in [6, 6.07) is 0. The fourth-order valence-corrected chi connectivity index (χ4v) is 1.33. The number of hydrogen-bond donors (Lipinski definition) is 1. The molecule has 0 spiro atoms. The molecule has 66 valence electrons. The van der Waals surface area contributed by atoms with E-state index in [-0.39, 0.29) is 6.54 Å². The molecule has 0 radical (unpaired) electrons. The highest BCUT2D eigenvalue weighted by atomic mass is 19.3. The monoisotopic (exact) mass is 164 g/mol. The lowest BCUT2D eigenvalue weighted by Crippen LogP contribution is -2.40. The highest BCUT2D eigenvalue weighted by Crippen LogP contribution is 2.16. The van der Waals surface area contributed by atoms with E-state index in [9.17, 15) is 8.78 Å². The second kappa shape index (κ2) is 3.45. The van der Waals surface area contributed by atoms with E-state index < -0.39 is 12.5 Å². The van der Waals surface area contributed by atoms with Gasteiger partial charge < -0.3 is 5.73 Å². The van der Waals surface area contributed by atoms with Crippen molar-refractivity contribution in [1.82, 2.24) is 4.90 Å². The van der Waals surface area contributed by atoms with Gasteiger partial charge in [0.15, 0.2) is 0 Å². The van der Waals surface area contributed by atoms with Gasteiger partial charge in [0, 0.05) is 0 Å². The predicted molar refractivity (Wildman–Crippen MR) is 39.7 cm³/mol. The smallest absolute Gasteiger partial charge is 0.272 e. The Hall–Kier alpha value is -0.220. The Labute approximate surface area is 65.4 Å². The number of hydrogen-bond acceptors (Lipinski definition) is 2. The summed E-state index contributed by atoms with van der Waals surface area (Å²) in [6.07, 6.45) is 2.08. The van der Waals surface area contributed by atoms with Crippen LogP contribution in [0.4, 0.5) is 8.78 Å². The van der Waals surface area contributed by atoms with Gasteiger partial charge in [-0.1, -0.05) is 0 Å². The number of rotatable bonds is 3. The first kappa shape index (κ1) is 8.87. The predicted octanol–water partition coefficient (Wildman–Crippen LogP) is 0.676. The first-order valence-corrected chi connectivity index (χ1v) is 3.94. The Morgan fingerprint density at radius 3 is 2.27 bits per heavy atom. The van der Waals surface area contributed by atoms with Crippen molar-refractivity contribution in [1.29, 1.82) is 0 Å². The lowest BCUT2D eigenvalue weighted by Gasteiger charge is -2.21. The van der Waals surface area contributed by atoms with Gasteiger partial charge in [0.1, 0.15) is 0 Å². The maximum Gasteiger partial charge on any atom is 0.272 e. The minimum Gasteiger partial charge on any atom is -0.325 e. The Bertz CT molecular complexity index is 122. The molecule has 2 nitrogen and oxygen atoms in total. The molecule has 0 amide bonds. The highest BCUT2D eigenvalue weighted by Gasteiger charge is 2.30. The van der Waals surface area contributed by atoms with E-state index in [0.29, 0.717) is 0 Å². The minimum absolute atomic E-state index is 0.163. The van der Waals surface area contributed by atoms with Crippen molar-refractivity contribution in [2.24, 2.45) is 5.73 Å². The summed E-state index contributed by atoms with van der Waals surface area (Å²) in [5.41, 5.74) is 4.91. The minimum atomic E-state index is -2.69. The number of nitrogens with zero attached hydrogens (tertiary/aromatic N) is 1. The number of likely N-dealkylation sites (tertiary alicyclic amines) is 1. The molecule has 0 atom stereocenters. The van der Waals surface area contributed by atoms with Crippen LogP contribution in [0, 0.1) is 0 Å². The first-order chi connectivity index (χ1) is 5.14. The maximum atomic E-state index is 12.6. The fraction of sp³-hybridized carbons (Fsp3) is 1.00. The van der Waals surface area contributed by atoms with Crippen LogP contribution in [-0.2, 0) is 0 Å². The van der Waals surface area contributed by atoms with Gasteiger partial charge in [-0.3, -0.25) is 4.90 Å². The second-order valence-corrected chi connectivity index (χ2v) is 3.04. The SMILES string of the molecule is NCC(F)(F)CN1CCCC1. The molecule has 0 saturated carbocycles. The first-order valence-electron chi connectivity index (χ1n) is 3.94. The van der Waals surface area contributed by atoms with Crippen LogP contribution < -0.4 is 5.73 Å². The molecule has 1 saturated heterocycles. The van der Waals surface area contributed by atoms with Crippen LogP contribution in [0.15, 0.2) is 0 Å². The van der Waals surface area contributed by atoms with E-state index in [1.54, 1.807) is 4.90 Å². The second-order valence-electron chi connectivity index (χ2n) is 3.04. The normalized spacial score (nSPS) is 21.0. The lowest BCUT2D eigenvalue weighted by atomic mass is 10.3. The van der Waals surface area contributed by atoms with Crippen LogP contribution in [-0.4, -0.2) is 37.0 Å². The summed E-state index contributed by atoms with van der Waals surface area (Å²) >= 11 is 0. The van der Waals surface area contributed by atoms with Crippen LogP contribution in [0.3, 0.4) is 0 Å². The van der Waals surface area contributed by atoms with Gasteiger partial charge in [0.05, 0.1) is 13.1 Å². The van der Waals surface area contributed by atoms with Gasteiger partial charge in [-0.25, -0.2) is 8.78 Å². The van der Waals surface area contributed by atoms with Gasteiger partial charge in [-0.2, -0.15) is 0 Å². The van der Waals surface area contributed by atoms with Crippen LogP contribution >= 0.6 is 0 Å². The standard InChI is InChI=1S/C7H14F2N2/c8-7(9,5-10)6-11-3-1-2-4-11/h1-6,10H2. The zero-order valence-electron chi connectivity index (χ0n) is 6.52. The number of nitrogens with two attached hydrogens (primary N) is 1. The highest BCUT2D eigenvalue weighted by molar-refractivity contribution is 4.76. The molecular formula is C7H14F2N2. The van der Waals surface area contributed by atoms with E-state index >= 15 is 0 Å². The zero-order chi connectivity index (χ0) is 8.32. The number of alkyl halides is 2.